The first-order valence-corrected chi connectivity index (χ1v) is 13.2. The molecule has 3 heterocycles. The Morgan fingerprint density at radius 2 is 2.06 bits per heavy atom. The van der Waals surface area contributed by atoms with E-state index in [0.717, 1.165) is 58.0 Å². The highest BCUT2D eigenvalue weighted by molar-refractivity contribution is 7.89. The minimum absolute atomic E-state index is 0.0143. The summed E-state index contributed by atoms with van der Waals surface area (Å²) in [7, 11) is 1.74. The van der Waals surface area contributed by atoms with Gasteiger partial charge in [0.25, 0.3) is 5.91 Å². The fourth-order valence-electron chi connectivity index (χ4n) is 4.75. The summed E-state index contributed by atoms with van der Waals surface area (Å²) < 4.78 is 20.1. The summed E-state index contributed by atoms with van der Waals surface area (Å²) in [5, 5.41) is 8.75. The SMILES string of the molecule is COCCN1CCN(c2ccc(C3C=CC([S+]([O-])N4CC=C(C(=O)NO)CC4)CC3)cn2)CC1. The molecule has 0 aromatic carbocycles. The number of nitrogens with zero attached hydrogens (tertiary/aromatic N) is 4. The highest BCUT2D eigenvalue weighted by Crippen LogP contribution is 2.32. The Balaban J connectivity index is 1.27. The molecule has 0 radical (unpaired) electrons. The zero-order valence-corrected chi connectivity index (χ0v) is 20.6. The van der Waals surface area contributed by atoms with E-state index in [1.54, 1.807) is 18.7 Å². The Hall–Kier alpha value is -1.95. The summed E-state index contributed by atoms with van der Waals surface area (Å²) in [5.41, 5.74) is 3.40. The Morgan fingerprint density at radius 1 is 1.24 bits per heavy atom. The van der Waals surface area contributed by atoms with Gasteiger partial charge < -0.3 is 14.2 Å². The van der Waals surface area contributed by atoms with Crippen LogP contribution >= 0.6 is 0 Å². The topological polar surface area (TPSA) is 104 Å². The molecule has 34 heavy (non-hydrogen) atoms. The zero-order valence-electron chi connectivity index (χ0n) is 19.8. The molecule has 186 valence electrons. The standard InChI is InChI=1S/C24H35N5O4S/c1-33-17-16-27-12-14-28(15-13-27)23-7-4-21(18-25-23)19-2-5-22(6-3-19)34(32)29-10-8-20(9-11-29)24(30)26-31/h2,4-5,7-8,18-19,22,31H,3,6,9-17H2,1H3,(H,26,30). The van der Waals surface area contributed by atoms with Crippen molar-refractivity contribution in [2.75, 3.05) is 64.4 Å². The Bertz CT molecular complexity index is 873. The molecular formula is C24H35N5O4S. The first-order valence-electron chi connectivity index (χ1n) is 12.0. The Morgan fingerprint density at radius 3 is 2.65 bits per heavy atom. The van der Waals surface area contributed by atoms with Gasteiger partial charge in [-0.25, -0.2) is 10.5 Å². The lowest BCUT2D eigenvalue weighted by atomic mass is 9.90. The zero-order chi connectivity index (χ0) is 23.9. The van der Waals surface area contributed by atoms with Gasteiger partial charge in [-0.1, -0.05) is 18.2 Å². The molecule has 3 atom stereocenters. The molecule has 10 heteroatoms. The number of hydroxylamine groups is 1. The van der Waals surface area contributed by atoms with Crippen molar-refractivity contribution in [3.63, 3.8) is 0 Å². The van der Waals surface area contributed by atoms with Gasteiger partial charge in [-0.05, 0) is 30.5 Å². The van der Waals surface area contributed by atoms with E-state index < -0.39 is 17.3 Å². The van der Waals surface area contributed by atoms with Gasteiger partial charge in [-0.15, -0.1) is 4.31 Å². The third-order valence-electron chi connectivity index (χ3n) is 6.91. The van der Waals surface area contributed by atoms with Gasteiger partial charge in [0.2, 0.25) is 0 Å². The largest absolute Gasteiger partial charge is 0.597 e. The van der Waals surface area contributed by atoms with E-state index in [2.05, 4.69) is 34.1 Å². The molecular weight excluding hydrogens is 454 g/mol. The molecule has 2 N–H and O–H groups in total. The fourth-order valence-corrected chi connectivity index (χ4v) is 6.19. The van der Waals surface area contributed by atoms with Crippen LogP contribution in [0.25, 0.3) is 0 Å². The maximum atomic E-state index is 13.0. The summed E-state index contributed by atoms with van der Waals surface area (Å²) in [6, 6.07) is 4.30. The van der Waals surface area contributed by atoms with Gasteiger partial charge >= 0.3 is 0 Å². The number of carbonyl (C=O) groups is 1. The third kappa shape index (κ3) is 6.18. The van der Waals surface area contributed by atoms with Crippen LogP contribution < -0.4 is 10.4 Å². The Kier molecular flexibility index (Phi) is 8.98. The van der Waals surface area contributed by atoms with Crippen LogP contribution in [0.1, 0.15) is 30.7 Å². The van der Waals surface area contributed by atoms with Crippen LogP contribution in [0.4, 0.5) is 5.82 Å². The lowest BCUT2D eigenvalue weighted by molar-refractivity contribution is -0.125. The molecule has 3 unspecified atom stereocenters. The molecule has 1 aromatic rings. The van der Waals surface area contributed by atoms with Crippen LogP contribution in [-0.2, 0) is 20.9 Å². The summed E-state index contributed by atoms with van der Waals surface area (Å²) in [4.78, 5) is 21.0. The van der Waals surface area contributed by atoms with Crippen molar-refractivity contribution >= 4 is 23.1 Å². The van der Waals surface area contributed by atoms with Gasteiger partial charge in [0, 0.05) is 81.8 Å². The number of ether oxygens (including phenoxy) is 1. The number of anilines is 1. The predicted octanol–water partition coefficient (Wildman–Crippen LogP) is 1.45. The number of hydrogen-bond acceptors (Lipinski definition) is 8. The molecule has 0 bridgehead atoms. The van der Waals surface area contributed by atoms with E-state index in [1.165, 1.54) is 5.56 Å². The molecule has 1 fully saturated rings. The normalized spacial score (nSPS) is 25.1. The number of aromatic nitrogens is 1. The van der Waals surface area contributed by atoms with Crippen molar-refractivity contribution < 1.29 is 19.3 Å². The number of piperazine rings is 1. The van der Waals surface area contributed by atoms with Crippen molar-refractivity contribution in [1.29, 1.82) is 0 Å². The number of nitrogens with one attached hydrogen (secondary N) is 1. The maximum absolute atomic E-state index is 13.0. The first kappa shape index (κ1) is 25.2. The van der Waals surface area contributed by atoms with Crippen LogP contribution in [0.15, 0.2) is 42.1 Å². The highest BCUT2D eigenvalue weighted by Gasteiger charge is 2.32. The quantitative estimate of drug-likeness (QED) is 0.245. The van der Waals surface area contributed by atoms with Crippen molar-refractivity contribution in [3.8, 4) is 0 Å². The minimum atomic E-state index is -1.13. The predicted molar refractivity (Wildman–Crippen MR) is 132 cm³/mol. The molecule has 0 spiro atoms. The van der Waals surface area contributed by atoms with E-state index in [9.17, 15) is 9.35 Å². The molecule has 1 amide bonds. The van der Waals surface area contributed by atoms with Crippen molar-refractivity contribution in [2.24, 2.45) is 0 Å². The van der Waals surface area contributed by atoms with E-state index in [-0.39, 0.29) is 5.25 Å². The minimum Gasteiger partial charge on any atom is -0.597 e. The summed E-state index contributed by atoms with van der Waals surface area (Å²) in [5.74, 6) is 0.845. The molecule has 0 saturated carbocycles. The monoisotopic (exact) mass is 489 g/mol. The van der Waals surface area contributed by atoms with Crippen LogP contribution in [-0.4, -0.2) is 94.6 Å². The van der Waals surface area contributed by atoms with E-state index in [4.69, 9.17) is 14.9 Å². The smallest absolute Gasteiger partial charge is 0.270 e. The third-order valence-corrected chi connectivity index (χ3v) is 8.66. The first-order chi connectivity index (χ1) is 16.6. The maximum Gasteiger partial charge on any atom is 0.270 e. The number of hydrogen-bond donors (Lipinski definition) is 2. The second-order valence-electron chi connectivity index (χ2n) is 8.96. The lowest BCUT2D eigenvalue weighted by Crippen LogP contribution is -2.47. The number of allylic oxidation sites excluding steroid dienone is 1. The van der Waals surface area contributed by atoms with Crippen molar-refractivity contribution in [2.45, 2.75) is 30.4 Å². The number of carbonyl (C=O) groups excluding carboxylic acids is 1. The van der Waals surface area contributed by atoms with Gasteiger partial charge in [0.15, 0.2) is 5.25 Å². The van der Waals surface area contributed by atoms with E-state index in [0.29, 0.717) is 31.0 Å². The molecule has 9 nitrogen and oxygen atoms in total. The summed E-state index contributed by atoms with van der Waals surface area (Å²) in [6.07, 6.45) is 10.3. The van der Waals surface area contributed by atoms with E-state index >= 15 is 0 Å². The summed E-state index contributed by atoms with van der Waals surface area (Å²) >= 11 is -1.13. The van der Waals surface area contributed by atoms with Crippen LogP contribution in [0.2, 0.25) is 0 Å². The summed E-state index contributed by atoms with van der Waals surface area (Å²) in [6.45, 7) is 6.76. The van der Waals surface area contributed by atoms with Crippen LogP contribution in [0, 0.1) is 0 Å². The number of pyridine rings is 1. The number of methoxy groups -OCH3 is 1. The fraction of sp³-hybridized carbons (Fsp3) is 0.583. The molecule has 1 aromatic heterocycles. The average Bonchev–Trinajstić information content (AvgIpc) is 2.91. The highest BCUT2D eigenvalue weighted by atomic mass is 32.2. The van der Waals surface area contributed by atoms with Crippen molar-refractivity contribution in [1.82, 2.24) is 19.7 Å². The number of rotatable bonds is 8. The average molecular weight is 490 g/mol. The molecule has 3 aliphatic rings. The van der Waals surface area contributed by atoms with Crippen LogP contribution in [0.3, 0.4) is 0 Å². The lowest BCUT2D eigenvalue weighted by Gasteiger charge is -2.35. The van der Waals surface area contributed by atoms with Gasteiger partial charge in [0.1, 0.15) is 5.82 Å². The van der Waals surface area contributed by atoms with E-state index in [1.807, 2.05) is 10.5 Å². The molecule has 4 rings (SSSR count). The molecule has 1 aliphatic carbocycles. The van der Waals surface area contributed by atoms with Gasteiger partial charge in [-0.2, -0.15) is 0 Å². The molecule has 2 aliphatic heterocycles. The van der Waals surface area contributed by atoms with Crippen LogP contribution in [0.5, 0.6) is 0 Å². The second-order valence-corrected chi connectivity index (χ2v) is 10.6. The number of amides is 1. The molecule has 1 saturated heterocycles. The second kappa shape index (κ2) is 12.1. The Labute approximate surface area is 204 Å². The van der Waals surface area contributed by atoms with Crippen molar-refractivity contribution in [3.05, 3.63) is 47.7 Å². The van der Waals surface area contributed by atoms with Gasteiger partial charge in [0.05, 0.1) is 13.2 Å². The van der Waals surface area contributed by atoms with Gasteiger partial charge in [-0.3, -0.25) is 14.9 Å².